The van der Waals surface area contributed by atoms with Gasteiger partial charge in [0.25, 0.3) is 11.6 Å². The zero-order chi connectivity index (χ0) is 19.6. The first-order valence-electron chi connectivity index (χ1n) is 7.35. The standard InChI is InChI=1S/C17H9BrClN3O5/c18-12-6-16-15(26-8-27-16)4-9(12)3-10(7-20)17(23)21-14-5-11(22(24)25)1-2-13(14)19/h1-6H,8H2,(H,21,23). The van der Waals surface area contributed by atoms with Crippen LogP contribution in [0.25, 0.3) is 6.08 Å². The molecule has 0 saturated heterocycles. The van der Waals surface area contributed by atoms with Crippen LogP contribution in [0.2, 0.25) is 5.02 Å². The molecule has 0 spiro atoms. The highest BCUT2D eigenvalue weighted by atomic mass is 79.9. The van der Waals surface area contributed by atoms with Gasteiger partial charge < -0.3 is 14.8 Å². The van der Waals surface area contributed by atoms with E-state index < -0.39 is 10.8 Å². The fraction of sp³-hybridized carbons (Fsp3) is 0.0588. The lowest BCUT2D eigenvalue weighted by atomic mass is 10.1. The van der Waals surface area contributed by atoms with E-state index in [9.17, 15) is 20.2 Å². The minimum Gasteiger partial charge on any atom is -0.454 e. The third kappa shape index (κ3) is 4.02. The van der Waals surface area contributed by atoms with Crippen LogP contribution in [-0.4, -0.2) is 17.6 Å². The lowest BCUT2D eigenvalue weighted by Gasteiger charge is -2.07. The number of carbonyl (C=O) groups excluding carboxylic acids is 1. The molecule has 0 fully saturated rings. The summed E-state index contributed by atoms with van der Waals surface area (Å²) in [5.74, 6) is 0.277. The Kier molecular flexibility index (Phi) is 5.30. The summed E-state index contributed by atoms with van der Waals surface area (Å²) in [5.41, 5.74) is 0.0886. The van der Waals surface area contributed by atoms with Crippen LogP contribution < -0.4 is 14.8 Å². The lowest BCUT2D eigenvalue weighted by Crippen LogP contribution is -2.14. The zero-order valence-corrected chi connectivity index (χ0v) is 15.7. The summed E-state index contributed by atoms with van der Waals surface area (Å²) in [6.45, 7) is 0.0891. The average Bonchev–Trinajstić information content (AvgIpc) is 3.08. The number of halogens is 2. The molecule has 0 aromatic heterocycles. The maximum absolute atomic E-state index is 12.4. The van der Waals surface area contributed by atoms with E-state index in [-0.39, 0.29) is 28.8 Å². The highest BCUT2D eigenvalue weighted by Gasteiger charge is 2.18. The van der Waals surface area contributed by atoms with Crippen molar-refractivity contribution < 1.29 is 19.2 Å². The number of ether oxygens (including phenoxy) is 2. The van der Waals surface area contributed by atoms with Crippen LogP contribution in [0.1, 0.15) is 5.56 Å². The Bertz CT molecular complexity index is 1030. The molecular formula is C17H9BrClN3O5. The fourth-order valence-corrected chi connectivity index (χ4v) is 2.86. The number of rotatable bonds is 4. The second-order valence-corrected chi connectivity index (χ2v) is 6.53. The average molecular weight is 451 g/mol. The van der Waals surface area contributed by atoms with Crippen LogP contribution in [0.3, 0.4) is 0 Å². The molecule has 8 nitrogen and oxygen atoms in total. The van der Waals surface area contributed by atoms with Gasteiger partial charge in [-0.25, -0.2) is 0 Å². The van der Waals surface area contributed by atoms with Gasteiger partial charge in [-0.15, -0.1) is 0 Å². The highest BCUT2D eigenvalue weighted by Crippen LogP contribution is 2.37. The van der Waals surface area contributed by atoms with Crippen LogP contribution in [0.15, 0.2) is 40.4 Å². The van der Waals surface area contributed by atoms with E-state index in [1.807, 2.05) is 0 Å². The van der Waals surface area contributed by atoms with Crippen molar-refractivity contribution in [1.29, 1.82) is 5.26 Å². The number of non-ortho nitro benzene ring substituents is 1. The van der Waals surface area contributed by atoms with E-state index >= 15 is 0 Å². The monoisotopic (exact) mass is 449 g/mol. The van der Waals surface area contributed by atoms with Gasteiger partial charge in [-0.3, -0.25) is 14.9 Å². The molecule has 0 saturated carbocycles. The Morgan fingerprint density at radius 3 is 2.70 bits per heavy atom. The van der Waals surface area contributed by atoms with E-state index in [1.54, 1.807) is 18.2 Å². The molecule has 10 heteroatoms. The summed E-state index contributed by atoms with van der Waals surface area (Å²) in [5, 5.41) is 22.7. The second kappa shape index (κ2) is 7.65. The quantitative estimate of drug-likeness (QED) is 0.322. The topological polar surface area (TPSA) is 114 Å². The molecule has 1 N–H and O–H groups in total. The molecule has 1 aliphatic heterocycles. The molecule has 1 aliphatic rings. The van der Waals surface area contributed by atoms with Crippen molar-refractivity contribution in [1.82, 2.24) is 0 Å². The summed E-state index contributed by atoms with van der Waals surface area (Å²) in [6, 6.07) is 8.71. The van der Waals surface area contributed by atoms with Crippen molar-refractivity contribution in [3.63, 3.8) is 0 Å². The number of carbonyl (C=O) groups is 1. The summed E-state index contributed by atoms with van der Waals surface area (Å²) in [6.07, 6.45) is 1.35. The fourth-order valence-electron chi connectivity index (χ4n) is 2.26. The third-order valence-electron chi connectivity index (χ3n) is 3.57. The molecule has 2 aromatic rings. The van der Waals surface area contributed by atoms with Crippen molar-refractivity contribution in [2.45, 2.75) is 0 Å². The molecule has 3 rings (SSSR count). The van der Waals surface area contributed by atoms with E-state index in [4.69, 9.17) is 21.1 Å². The van der Waals surface area contributed by atoms with E-state index in [2.05, 4.69) is 21.2 Å². The van der Waals surface area contributed by atoms with Crippen molar-refractivity contribution in [2.24, 2.45) is 0 Å². The highest BCUT2D eigenvalue weighted by molar-refractivity contribution is 9.10. The molecular weight excluding hydrogens is 442 g/mol. The summed E-state index contributed by atoms with van der Waals surface area (Å²) >= 11 is 9.31. The van der Waals surface area contributed by atoms with Gasteiger partial charge in [0.1, 0.15) is 11.6 Å². The lowest BCUT2D eigenvalue weighted by molar-refractivity contribution is -0.384. The number of fused-ring (bicyclic) bond motifs is 1. The molecule has 0 radical (unpaired) electrons. The molecule has 0 bridgehead atoms. The number of nitro groups is 1. The van der Waals surface area contributed by atoms with Gasteiger partial charge in [-0.1, -0.05) is 27.5 Å². The first-order valence-corrected chi connectivity index (χ1v) is 8.52. The van der Waals surface area contributed by atoms with Gasteiger partial charge in [0.15, 0.2) is 11.5 Å². The van der Waals surface area contributed by atoms with Crippen molar-refractivity contribution in [2.75, 3.05) is 12.1 Å². The normalized spacial score (nSPS) is 12.4. The Hall–Kier alpha value is -3.09. The zero-order valence-electron chi connectivity index (χ0n) is 13.4. The number of nitro benzene ring substituents is 1. The van der Waals surface area contributed by atoms with E-state index in [1.165, 1.54) is 18.2 Å². The van der Waals surface area contributed by atoms with E-state index in [0.717, 1.165) is 6.07 Å². The smallest absolute Gasteiger partial charge is 0.271 e. The maximum Gasteiger partial charge on any atom is 0.271 e. The largest absolute Gasteiger partial charge is 0.454 e. The van der Waals surface area contributed by atoms with Crippen LogP contribution in [0.4, 0.5) is 11.4 Å². The number of amides is 1. The molecule has 0 aliphatic carbocycles. The van der Waals surface area contributed by atoms with Crippen molar-refractivity contribution in [3.05, 3.63) is 61.1 Å². The Balaban J connectivity index is 1.90. The third-order valence-corrected chi connectivity index (χ3v) is 4.58. The number of nitrogens with zero attached hydrogens (tertiary/aromatic N) is 2. The van der Waals surface area contributed by atoms with Gasteiger partial charge in [0.05, 0.1) is 15.6 Å². The van der Waals surface area contributed by atoms with Gasteiger partial charge in [0, 0.05) is 16.6 Å². The maximum atomic E-state index is 12.4. The molecule has 136 valence electrons. The van der Waals surface area contributed by atoms with Crippen LogP contribution in [0, 0.1) is 21.4 Å². The number of benzene rings is 2. The molecule has 0 unspecified atom stereocenters. The van der Waals surface area contributed by atoms with E-state index in [0.29, 0.717) is 21.5 Å². The summed E-state index contributed by atoms with van der Waals surface area (Å²) in [4.78, 5) is 22.7. The first-order chi connectivity index (χ1) is 12.9. The molecule has 1 heterocycles. The molecule has 0 atom stereocenters. The van der Waals surface area contributed by atoms with Gasteiger partial charge in [-0.2, -0.15) is 5.26 Å². The van der Waals surface area contributed by atoms with Crippen molar-refractivity contribution in [3.8, 4) is 17.6 Å². The number of nitrogens with one attached hydrogen (secondary N) is 1. The number of anilines is 1. The Morgan fingerprint density at radius 2 is 2.04 bits per heavy atom. The second-order valence-electron chi connectivity index (χ2n) is 5.27. The summed E-state index contributed by atoms with van der Waals surface area (Å²) in [7, 11) is 0. The van der Waals surface area contributed by atoms with Gasteiger partial charge >= 0.3 is 0 Å². The SMILES string of the molecule is N#CC(=Cc1cc2c(cc1Br)OCO2)C(=O)Nc1cc([N+](=O)[O-])ccc1Cl. The van der Waals surface area contributed by atoms with Crippen LogP contribution >= 0.6 is 27.5 Å². The van der Waals surface area contributed by atoms with Gasteiger partial charge in [-0.05, 0) is 29.8 Å². The predicted molar refractivity (Wildman–Crippen MR) is 101 cm³/mol. The minimum atomic E-state index is -0.760. The number of nitriles is 1. The first kappa shape index (κ1) is 18.7. The predicted octanol–water partition coefficient (Wildman–Crippen LogP) is 4.29. The van der Waals surface area contributed by atoms with Crippen LogP contribution in [0.5, 0.6) is 11.5 Å². The molecule has 1 amide bonds. The van der Waals surface area contributed by atoms with Gasteiger partial charge in [0.2, 0.25) is 6.79 Å². The summed E-state index contributed by atoms with van der Waals surface area (Å²) < 4.78 is 11.1. The molecule has 2 aromatic carbocycles. The molecule has 27 heavy (non-hydrogen) atoms. The minimum absolute atomic E-state index is 0.0294. The van der Waals surface area contributed by atoms with Crippen LogP contribution in [-0.2, 0) is 4.79 Å². The Morgan fingerprint density at radius 1 is 1.33 bits per heavy atom. The number of hydrogen-bond donors (Lipinski definition) is 1. The van der Waals surface area contributed by atoms with Crippen molar-refractivity contribution >= 4 is 50.9 Å². The number of hydrogen-bond acceptors (Lipinski definition) is 6. The Labute approximate surface area is 166 Å².